The zero-order chi connectivity index (χ0) is 15.4. The third kappa shape index (κ3) is 4.22. The predicted octanol–water partition coefficient (Wildman–Crippen LogP) is 4.77. The van der Waals surface area contributed by atoms with Crippen LogP contribution in [-0.2, 0) is 4.79 Å². The summed E-state index contributed by atoms with van der Waals surface area (Å²) < 4.78 is 0.901. The van der Waals surface area contributed by atoms with E-state index in [1.54, 1.807) is 6.07 Å². The molecular weight excluding hydrogens is 352 g/mol. The minimum absolute atomic E-state index is 0.109. The molecule has 110 valence electrons. The van der Waals surface area contributed by atoms with Crippen molar-refractivity contribution in [1.29, 1.82) is 0 Å². The van der Waals surface area contributed by atoms with Crippen molar-refractivity contribution in [3.05, 3.63) is 57.0 Å². The maximum atomic E-state index is 12.0. The van der Waals surface area contributed by atoms with E-state index in [1.807, 2.05) is 44.2 Å². The summed E-state index contributed by atoms with van der Waals surface area (Å²) in [6.45, 7) is 4.17. The number of hydrogen-bond acceptors (Lipinski definition) is 2. The average molecular weight is 368 g/mol. The fraction of sp³-hybridized carbons (Fsp3) is 0.188. The molecule has 0 heterocycles. The standard InChI is InChI=1S/C16H16BrClN2O/c1-10-4-3-5-14(11(10)2)20-16(21)9-19-15-7-6-12(17)8-13(15)18/h3-8,19H,9H2,1-2H3,(H,20,21). The Hall–Kier alpha value is -1.52. The van der Waals surface area contributed by atoms with E-state index in [0.717, 1.165) is 27.0 Å². The van der Waals surface area contributed by atoms with Gasteiger partial charge in [0.2, 0.25) is 5.91 Å². The molecule has 21 heavy (non-hydrogen) atoms. The van der Waals surface area contributed by atoms with Crippen LogP contribution >= 0.6 is 27.5 Å². The Morgan fingerprint density at radius 3 is 2.67 bits per heavy atom. The molecule has 0 fully saturated rings. The van der Waals surface area contributed by atoms with E-state index in [-0.39, 0.29) is 12.5 Å². The molecule has 3 nitrogen and oxygen atoms in total. The van der Waals surface area contributed by atoms with Crippen LogP contribution in [0.5, 0.6) is 0 Å². The Kier molecular flexibility index (Phi) is 5.26. The van der Waals surface area contributed by atoms with Gasteiger partial charge in [0.1, 0.15) is 0 Å². The van der Waals surface area contributed by atoms with E-state index in [0.29, 0.717) is 5.02 Å². The fourth-order valence-corrected chi connectivity index (χ4v) is 2.63. The van der Waals surface area contributed by atoms with Crippen LogP contribution in [0.15, 0.2) is 40.9 Å². The Morgan fingerprint density at radius 2 is 1.95 bits per heavy atom. The topological polar surface area (TPSA) is 41.1 Å². The second-order valence-electron chi connectivity index (χ2n) is 4.77. The summed E-state index contributed by atoms with van der Waals surface area (Å²) in [7, 11) is 0. The first kappa shape index (κ1) is 15.9. The van der Waals surface area contributed by atoms with Crippen molar-refractivity contribution in [2.45, 2.75) is 13.8 Å². The number of amides is 1. The maximum absolute atomic E-state index is 12.0. The van der Waals surface area contributed by atoms with Gasteiger partial charge in [-0.05, 0) is 49.2 Å². The van der Waals surface area contributed by atoms with Gasteiger partial charge in [0.15, 0.2) is 0 Å². The lowest BCUT2D eigenvalue weighted by Gasteiger charge is -2.12. The minimum atomic E-state index is -0.109. The molecule has 0 saturated carbocycles. The van der Waals surface area contributed by atoms with Crippen molar-refractivity contribution >= 4 is 44.8 Å². The number of hydrogen-bond donors (Lipinski definition) is 2. The number of aryl methyl sites for hydroxylation is 1. The van der Waals surface area contributed by atoms with Crippen molar-refractivity contribution in [2.75, 3.05) is 17.2 Å². The number of benzene rings is 2. The third-order valence-corrected chi connectivity index (χ3v) is 4.06. The first-order valence-corrected chi connectivity index (χ1v) is 7.69. The van der Waals surface area contributed by atoms with Crippen LogP contribution in [-0.4, -0.2) is 12.5 Å². The first-order chi connectivity index (χ1) is 9.97. The molecule has 0 saturated heterocycles. The van der Waals surface area contributed by atoms with Crippen LogP contribution in [0.2, 0.25) is 5.02 Å². The number of anilines is 2. The van der Waals surface area contributed by atoms with Crippen molar-refractivity contribution in [2.24, 2.45) is 0 Å². The molecule has 2 aromatic rings. The van der Waals surface area contributed by atoms with Gasteiger partial charge < -0.3 is 10.6 Å². The second kappa shape index (κ2) is 6.96. The molecule has 1 amide bonds. The van der Waals surface area contributed by atoms with E-state index >= 15 is 0 Å². The van der Waals surface area contributed by atoms with Gasteiger partial charge in [-0.25, -0.2) is 0 Å². The van der Waals surface area contributed by atoms with Crippen molar-refractivity contribution in [1.82, 2.24) is 0 Å². The summed E-state index contributed by atoms with van der Waals surface area (Å²) in [5.41, 5.74) is 3.80. The van der Waals surface area contributed by atoms with Gasteiger partial charge in [-0.15, -0.1) is 0 Å². The largest absolute Gasteiger partial charge is 0.375 e. The highest BCUT2D eigenvalue weighted by Crippen LogP contribution is 2.25. The van der Waals surface area contributed by atoms with E-state index < -0.39 is 0 Å². The van der Waals surface area contributed by atoms with Crippen LogP contribution in [0.25, 0.3) is 0 Å². The van der Waals surface area contributed by atoms with E-state index in [9.17, 15) is 4.79 Å². The number of halogens is 2. The highest BCUT2D eigenvalue weighted by Gasteiger charge is 2.07. The van der Waals surface area contributed by atoms with Crippen LogP contribution in [0.1, 0.15) is 11.1 Å². The van der Waals surface area contributed by atoms with E-state index in [2.05, 4.69) is 26.6 Å². The molecule has 2 rings (SSSR count). The zero-order valence-electron chi connectivity index (χ0n) is 11.8. The number of nitrogens with one attached hydrogen (secondary N) is 2. The summed E-state index contributed by atoms with van der Waals surface area (Å²) in [5.74, 6) is -0.109. The minimum Gasteiger partial charge on any atom is -0.375 e. The van der Waals surface area contributed by atoms with Gasteiger partial charge in [-0.2, -0.15) is 0 Å². The van der Waals surface area contributed by atoms with Gasteiger partial charge in [0.05, 0.1) is 17.3 Å². The summed E-state index contributed by atoms with van der Waals surface area (Å²) in [5, 5.41) is 6.50. The van der Waals surface area contributed by atoms with Crippen LogP contribution in [0, 0.1) is 13.8 Å². The molecule has 0 aliphatic carbocycles. The molecule has 0 spiro atoms. The normalized spacial score (nSPS) is 10.3. The molecule has 0 bridgehead atoms. The highest BCUT2D eigenvalue weighted by molar-refractivity contribution is 9.10. The maximum Gasteiger partial charge on any atom is 0.243 e. The Morgan fingerprint density at radius 1 is 1.19 bits per heavy atom. The molecule has 2 aromatic carbocycles. The van der Waals surface area contributed by atoms with Gasteiger partial charge >= 0.3 is 0 Å². The Balaban J connectivity index is 1.97. The van der Waals surface area contributed by atoms with Gasteiger partial charge in [0, 0.05) is 10.2 Å². The SMILES string of the molecule is Cc1cccc(NC(=O)CNc2ccc(Br)cc2Cl)c1C. The predicted molar refractivity (Wildman–Crippen MR) is 92.2 cm³/mol. The average Bonchev–Trinajstić information content (AvgIpc) is 2.43. The van der Waals surface area contributed by atoms with Crippen LogP contribution < -0.4 is 10.6 Å². The molecule has 0 aromatic heterocycles. The Bertz CT molecular complexity index is 673. The smallest absolute Gasteiger partial charge is 0.243 e. The number of rotatable bonds is 4. The van der Waals surface area contributed by atoms with E-state index in [4.69, 9.17) is 11.6 Å². The molecule has 0 unspecified atom stereocenters. The quantitative estimate of drug-likeness (QED) is 0.817. The summed E-state index contributed by atoms with van der Waals surface area (Å²) in [4.78, 5) is 12.0. The van der Waals surface area contributed by atoms with Crippen molar-refractivity contribution in [3.63, 3.8) is 0 Å². The van der Waals surface area contributed by atoms with Gasteiger partial charge in [0.25, 0.3) is 0 Å². The summed E-state index contributed by atoms with van der Waals surface area (Å²) in [6.07, 6.45) is 0. The molecule has 0 aliphatic heterocycles. The van der Waals surface area contributed by atoms with Crippen LogP contribution in [0.3, 0.4) is 0 Å². The van der Waals surface area contributed by atoms with Gasteiger partial charge in [-0.1, -0.05) is 39.7 Å². The zero-order valence-corrected chi connectivity index (χ0v) is 14.2. The molecule has 2 N–H and O–H groups in total. The fourth-order valence-electron chi connectivity index (χ4n) is 1.89. The Labute approximate surface area is 137 Å². The third-order valence-electron chi connectivity index (χ3n) is 3.25. The van der Waals surface area contributed by atoms with Gasteiger partial charge in [-0.3, -0.25) is 4.79 Å². The lowest BCUT2D eigenvalue weighted by atomic mass is 10.1. The van der Waals surface area contributed by atoms with Crippen molar-refractivity contribution < 1.29 is 4.79 Å². The molecular formula is C16H16BrClN2O. The highest BCUT2D eigenvalue weighted by atomic mass is 79.9. The number of carbonyl (C=O) groups excluding carboxylic acids is 1. The molecule has 0 atom stereocenters. The lowest BCUT2D eigenvalue weighted by molar-refractivity contribution is -0.114. The summed E-state index contributed by atoms with van der Waals surface area (Å²) in [6, 6.07) is 11.3. The van der Waals surface area contributed by atoms with Crippen LogP contribution in [0.4, 0.5) is 11.4 Å². The van der Waals surface area contributed by atoms with E-state index in [1.165, 1.54) is 0 Å². The lowest BCUT2D eigenvalue weighted by Crippen LogP contribution is -2.22. The van der Waals surface area contributed by atoms with Crippen molar-refractivity contribution in [3.8, 4) is 0 Å². The second-order valence-corrected chi connectivity index (χ2v) is 6.10. The molecule has 0 radical (unpaired) electrons. The molecule has 5 heteroatoms. The number of carbonyl (C=O) groups is 1. The molecule has 0 aliphatic rings. The monoisotopic (exact) mass is 366 g/mol. The first-order valence-electron chi connectivity index (χ1n) is 6.52. The summed E-state index contributed by atoms with van der Waals surface area (Å²) >= 11 is 9.44.